The number of hydrogen-bond donors (Lipinski definition) is 1. The second kappa shape index (κ2) is 2.73. The van der Waals surface area contributed by atoms with Crippen LogP contribution in [0.2, 0.25) is 0 Å². The molecule has 0 amide bonds. The highest BCUT2D eigenvalue weighted by Gasteiger charge is 2.04. The molecule has 0 bridgehead atoms. The Morgan fingerprint density at radius 2 is 2.08 bits per heavy atom. The van der Waals surface area contributed by atoms with Gasteiger partial charge in [-0.05, 0) is 25.5 Å². The standard InChI is InChI=1S/C11H11NO/c1-7-3-8(2)11-10(4-7)9(6-13)5-12-11/h3-6,12H,1-2H3. The second-order valence-electron chi connectivity index (χ2n) is 3.37. The van der Waals surface area contributed by atoms with Crippen LogP contribution < -0.4 is 0 Å². The third kappa shape index (κ3) is 1.15. The van der Waals surface area contributed by atoms with Crippen LogP contribution in [0.5, 0.6) is 0 Å². The van der Waals surface area contributed by atoms with E-state index in [1.807, 2.05) is 19.9 Å². The minimum Gasteiger partial charge on any atom is -0.360 e. The number of carbonyl (C=O) groups excluding carboxylic acids is 1. The smallest absolute Gasteiger partial charge is 0.152 e. The van der Waals surface area contributed by atoms with Gasteiger partial charge in [-0.25, -0.2) is 0 Å². The minimum atomic E-state index is 0.738. The highest BCUT2D eigenvalue weighted by molar-refractivity contribution is 5.98. The lowest BCUT2D eigenvalue weighted by Crippen LogP contribution is -1.81. The molecule has 1 aromatic carbocycles. The van der Waals surface area contributed by atoms with E-state index in [9.17, 15) is 4.79 Å². The van der Waals surface area contributed by atoms with E-state index in [4.69, 9.17) is 0 Å². The van der Waals surface area contributed by atoms with Crippen LogP contribution in [0.25, 0.3) is 10.9 Å². The predicted molar refractivity (Wildman–Crippen MR) is 53.2 cm³/mol. The number of benzene rings is 1. The van der Waals surface area contributed by atoms with Crippen molar-refractivity contribution in [3.05, 3.63) is 35.0 Å². The van der Waals surface area contributed by atoms with Gasteiger partial charge < -0.3 is 4.98 Å². The Morgan fingerprint density at radius 3 is 2.77 bits per heavy atom. The van der Waals surface area contributed by atoms with Gasteiger partial charge in [0.25, 0.3) is 0 Å². The van der Waals surface area contributed by atoms with Crippen molar-refractivity contribution in [1.82, 2.24) is 4.98 Å². The molecule has 13 heavy (non-hydrogen) atoms. The maximum absolute atomic E-state index is 10.7. The highest BCUT2D eigenvalue weighted by atomic mass is 16.1. The average Bonchev–Trinajstić information content (AvgIpc) is 2.47. The van der Waals surface area contributed by atoms with E-state index in [-0.39, 0.29) is 0 Å². The summed E-state index contributed by atoms with van der Waals surface area (Å²) in [5.74, 6) is 0. The van der Waals surface area contributed by atoms with Crippen LogP contribution in [0, 0.1) is 13.8 Å². The molecule has 66 valence electrons. The summed E-state index contributed by atoms with van der Waals surface area (Å²) in [6.07, 6.45) is 2.64. The molecule has 1 N–H and O–H groups in total. The van der Waals surface area contributed by atoms with Crippen LogP contribution >= 0.6 is 0 Å². The largest absolute Gasteiger partial charge is 0.360 e. The van der Waals surface area contributed by atoms with Crippen LogP contribution in [0.1, 0.15) is 21.5 Å². The summed E-state index contributed by atoms with van der Waals surface area (Å²) in [5, 5.41) is 1.02. The summed E-state index contributed by atoms with van der Waals surface area (Å²) < 4.78 is 0. The van der Waals surface area contributed by atoms with Crippen molar-refractivity contribution < 1.29 is 4.79 Å². The lowest BCUT2D eigenvalue weighted by molar-refractivity contribution is 0.112. The number of H-pyrrole nitrogens is 1. The van der Waals surface area contributed by atoms with E-state index in [0.717, 1.165) is 22.8 Å². The van der Waals surface area contributed by atoms with E-state index < -0.39 is 0 Å². The molecule has 2 nitrogen and oxygen atoms in total. The molecule has 2 aromatic rings. The SMILES string of the molecule is Cc1cc(C)c2[nH]cc(C=O)c2c1. The summed E-state index contributed by atoms with van der Waals surface area (Å²) in [6, 6.07) is 4.13. The molecule has 0 aliphatic rings. The van der Waals surface area contributed by atoms with E-state index in [0.29, 0.717) is 0 Å². The molecule has 0 fully saturated rings. The Labute approximate surface area is 76.6 Å². The molecule has 0 aliphatic heterocycles. The number of aromatic nitrogens is 1. The van der Waals surface area contributed by atoms with Gasteiger partial charge in [-0.1, -0.05) is 11.6 Å². The third-order valence-electron chi connectivity index (χ3n) is 2.29. The van der Waals surface area contributed by atoms with Gasteiger partial charge in [0.05, 0.1) is 0 Å². The first kappa shape index (κ1) is 8.05. The van der Waals surface area contributed by atoms with Crippen molar-refractivity contribution in [2.24, 2.45) is 0 Å². The monoisotopic (exact) mass is 173 g/mol. The Hall–Kier alpha value is -1.57. The molecular formula is C11H11NO. The topological polar surface area (TPSA) is 32.9 Å². The first-order chi connectivity index (χ1) is 6.22. The molecule has 0 unspecified atom stereocenters. The van der Waals surface area contributed by atoms with Crippen molar-refractivity contribution in [3.63, 3.8) is 0 Å². The molecule has 2 heteroatoms. The Morgan fingerprint density at radius 1 is 1.31 bits per heavy atom. The average molecular weight is 173 g/mol. The predicted octanol–water partition coefficient (Wildman–Crippen LogP) is 2.60. The fraction of sp³-hybridized carbons (Fsp3) is 0.182. The van der Waals surface area contributed by atoms with E-state index >= 15 is 0 Å². The number of fused-ring (bicyclic) bond motifs is 1. The molecule has 1 aromatic heterocycles. The van der Waals surface area contributed by atoms with Gasteiger partial charge in [-0.15, -0.1) is 0 Å². The summed E-state index contributed by atoms with van der Waals surface area (Å²) >= 11 is 0. The van der Waals surface area contributed by atoms with Crippen LogP contribution in [-0.4, -0.2) is 11.3 Å². The van der Waals surface area contributed by atoms with Crippen LogP contribution in [-0.2, 0) is 0 Å². The van der Waals surface area contributed by atoms with Crippen molar-refractivity contribution in [2.45, 2.75) is 13.8 Å². The number of aromatic amines is 1. The molecule has 0 aliphatic carbocycles. The first-order valence-electron chi connectivity index (χ1n) is 4.26. The lowest BCUT2D eigenvalue weighted by Gasteiger charge is -1.98. The number of aldehydes is 1. The van der Waals surface area contributed by atoms with Crippen LogP contribution in [0.3, 0.4) is 0 Å². The second-order valence-corrected chi connectivity index (χ2v) is 3.37. The molecule has 1 heterocycles. The van der Waals surface area contributed by atoms with Gasteiger partial charge in [0, 0.05) is 22.7 Å². The molecule has 2 rings (SSSR count). The Balaban J connectivity index is 2.89. The van der Waals surface area contributed by atoms with E-state index in [1.165, 1.54) is 11.1 Å². The van der Waals surface area contributed by atoms with Crippen LogP contribution in [0.15, 0.2) is 18.3 Å². The Kier molecular flexibility index (Phi) is 1.69. The van der Waals surface area contributed by atoms with Gasteiger partial charge in [-0.3, -0.25) is 4.79 Å². The number of nitrogens with one attached hydrogen (secondary N) is 1. The summed E-state index contributed by atoms with van der Waals surface area (Å²) in [4.78, 5) is 13.8. The zero-order valence-electron chi connectivity index (χ0n) is 7.72. The van der Waals surface area contributed by atoms with Crippen molar-refractivity contribution >= 4 is 17.2 Å². The van der Waals surface area contributed by atoms with Crippen molar-refractivity contribution in [1.29, 1.82) is 0 Å². The molecule has 0 saturated carbocycles. The molecular weight excluding hydrogens is 162 g/mol. The quantitative estimate of drug-likeness (QED) is 0.660. The zero-order chi connectivity index (χ0) is 9.42. The minimum absolute atomic E-state index is 0.738. The third-order valence-corrected chi connectivity index (χ3v) is 2.29. The molecule has 0 saturated heterocycles. The van der Waals surface area contributed by atoms with Gasteiger partial charge in [0.2, 0.25) is 0 Å². The molecule has 0 atom stereocenters. The maximum atomic E-state index is 10.7. The van der Waals surface area contributed by atoms with Gasteiger partial charge >= 0.3 is 0 Å². The number of aryl methyl sites for hydroxylation is 2. The van der Waals surface area contributed by atoms with Gasteiger partial charge in [0.1, 0.15) is 0 Å². The summed E-state index contributed by atoms with van der Waals surface area (Å²) in [6.45, 7) is 4.08. The normalized spacial score (nSPS) is 10.6. The fourth-order valence-electron chi connectivity index (χ4n) is 1.71. The summed E-state index contributed by atoms with van der Waals surface area (Å²) in [7, 11) is 0. The number of rotatable bonds is 1. The van der Waals surface area contributed by atoms with E-state index in [1.54, 1.807) is 6.20 Å². The lowest BCUT2D eigenvalue weighted by atomic mass is 10.1. The van der Waals surface area contributed by atoms with Crippen molar-refractivity contribution in [3.8, 4) is 0 Å². The number of carbonyl (C=O) groups is 1. The van der Waals surface area contributed by atoms with E-state index in [2.05, 4.69) is 11.1 Å². The Bertz CT molecular complexity index is 468. The maximum Gasteiger partial charge on any atom is 0.152 e. The fourth-order valence-corrected chi connectivity index (χ4v) is 1.71. The zero-order valence-corrected chi connectivity index (χ0v) is 7.72. The first-order valence-corrected chi connectivity index (χ1v) is 4.26. The van der Waals surface area contributed by atoms with Crippen molar-refractivity contribution in [2.75, 3.05) is 0 Å². The molecule has 0 spiro atoms. The number of hydrogen-bond acceptors (Lipinski definition) is 1. The van der Waals surface area contributed by atoms with Crippen LogP contribution in [0.4, 0.5) is 0 Å². The van der Waals surface area contributed by atoms with Gasteiger partial charge in [-0.2, -0.15) is 0 Å². The summed E-state index contributed by atoms with van der Waals surface area (Å²) in [5.41, 5.74) is 4.17. The van der Waals surface area contributed by atoms with Gasteiger partial charge in [0.15, 0.2) is 6.29 Å². The highest BCUT2D eigenvalue weighted by Crippen LogP contribution is 2.21. The molecule has 0 radical (unpaired) electrons.